The molecule has 4 rings (SSSR count). The van der Waals surface area contributed by atoms with Gasteiger partial charge in [-0.2, -0.15) is 0 Å². The quantitative estimate of drug-likeness (QED) is 0.562. The molecule has 0 aromatic heterocycles. The third kappa shape index (κ3) is 5.46. The largest absolute Gasteiger partial charge is 0.484 e. The number of rotatable bonds is 7. The number of anilines is 3. The Balaban J connectivity index is 1.31. The molecule has 0 bridgehead atoms. The van der Waals surface area contributed by atoms with Gasteiger partial charge in [-0.1, -0.05) is 24.3 Å². The summed E-state index contributed by atoms with van der Waals surface area (Å²) in [6.07, 6.45) is 2.46. The lowest BCUT2D eigenvalue weighted by Crippen LogP contribution is -2.21. The number of carbonyl (C=O) groups excluding carboxylic acids is 2. The molecule has 1 fully saturated rings. The van der Waals surface area contributed by atoms with Crippen molar-refractivity contribution in [2.75, 3.05) is 35.2 Å². The Kier molecular flexibility index (Phi) is 6.70. The molecule has 0 atom stereocenters. The number of aryl methyl sites for hydroxylation is 1. The average molecular weight is 430 g/mol. The number of hydrogen-bond donors (Lipinski definition) is 2. The molecule has 0 radical (unpaired) electrons. The first-order valence-electron chi connectivity index (χ1n) is 10.8. The van der Waals surface area contributed by atoms with Crippen molar-refractivity contribution in [1.29, 1.82) is 0 Å². The van der Waals surface area contributed by atoms with Gasteiger partial charge in [0.2, 0.25) is 0 Å². The van der Waals surface area contributed by atoms with Crippen LogP contribution in [0.4, 0.5) is 17.1 Å². The van der Waals surface area contributed by atoms with E-state index in [4.69, 9.17) is 4.74 Å². The van der Waals surface area contributed by atoms with E-state index in [1.165, 1.54) is 18.5 Å². The first-order chi connectivity index (χ1) is 15.6. The minimum Gasteiger partial charge on any atom is -0.484 e. The minimum atomic E-state index is -0.235. The summed E-state index contributed by atoms with van der Waals surface area (Å²) < 4.78 is 5.64. The highest BCUT2D eigenvalue weighted by Gasteiger charge is 2.14. The summed E-state index contributed by atoms with van der Waals surface area (Å²) in [4.78, 5) is 27.1. The van der Waals surface area contributed by atoms with Crippen molar-refractivity contribution >= 4 is 28.9 Å². The highest BCUT2D eigenvalue weighted by atomic mass is 16.5. The van der Waals surface area contributed by atoms with Crippen molar-refractivity contribution in [3.63, 3.8) is 0 Å². The summed E-state index contributed by atoms with van der Waals surface area (Å²) in [5.74, 6) is 0.0706. The van der Waals surface area contributed by atoms with E-state index in [2.05, 4.69) is 21.6 Å². The number of amides is 2. The molecular formula is C26H27N3O3. The molecule has 0 aliphatic carbocycles. The zero-order valence-corrected chi connectivity index (χ0v) is 18.1. The van der Waals surface area contributed by atoms with Gasteiger partial charge in [0, 0.05) is 41.8 Å². The fourth-order valence-corrected chi connectivity index (χ4v) is 3.75. The van der Waals surface area contributed by atoms with Gasteiger partial charge in [0.1, 0.15) is 5.75 Å². The SMILES string of the molecule is Cc1cc(N2CCCC2)ccc1NC(=O)COc1cccc(NC(=O)c2ccccc2)c1. The first kappa shape index (κ1) is 21.4. The number of benzene rings is 3. The first-order valence-corrected chi connectivity index (χ1v) is 10.8. The molecule has 1 heterocycles. The maximum Gasteiger partial charge on any atom is 0.262 e. The maximum atomic E-state index is 12.4. The van der Waals surface area contributed by atoms with Gasteiger partial charge in [-0.05, 0) is 67.8 Å². The van der Waals surface area contributed by atoms with Gasteiger partial charge >= 0.3 is 0 Å². The Labute approximate surface area is 188 Å². The van der Waals surface area contributed by atoms with Crippen LogP contribution in [-0.4, -0.2) is 31.5 Å². The molecule has 0 saturated carbocycles. The second-order valence-corrected chi connectivity index (χ2v) is 7.88. The van der Waals surface area contributed by atoms with E-state index < -0.39 is 0 Å². The minimum absolute atomic E-state index is 0.122. The number of hydrogen-bond acceptors (Lipinski definition) is 4. The van der Waals surface area contributed by atoms with Crippen molar-refractivity contribution in [2.24, 2.45) is 0 Å². The average Bonchev–Trinajstić information content (AvgIpc) is 3.35. The fourth-order valence-electron chi connectivity index (χ4n) is 3.75. The van der Waals surface area contributed by atoms with Gasteiger partial charge < -0.3 is 20.3 Å². The Hall–Kier alpha value is -3.80. The molecule has 2 amide bonds. The second kappa shape index (κ2) is 10.0. The fraction of sp³-hybridized carbons (Fsp3) is 0.231. The van der Waals surface area contributed by atoms with Gasteiger partial charge in [-0.3, -0.25) is 9.59 Å². The van der Waals surface area contributed by atoms with E-state index in [1.54, 1.807) is 36.4 Å². The topological polar surface area (TPSA) is 70.7 Å². The lowest BCUT2D eigenvalue weighted by atomic mass is 10.1. The standard InChI is InChI=1S/C26H27N3O3/c1-19-16-22(29-14-5-6-15-29)12-13-24(19)28-25(30)18-32-23-11-7-10-21(17-23)27-26(31)20-8-3-2-4-9-20/h2-4,7-13,16-17H,5-6,14-15,18H2,1H3,(H,27,31)(H,28,30). The summed E-state index contributed by atoms with van der Waals surface area (Å²) in [7, 11) is 0. The Bertz CT molecular complexity index is 1090. The van der Waals surface area contributed by atoms with Crippen molar-refractivity contribution in [2.45, 2.75) is 19.8 Å². The van der Waals surface area contributed by atoms with E-state index in [1.807, 2.05) is 37.3 Å². The number of nitrogens with one attached hydrogen (secondary N) is 2. The Morgan fingerprint density at radius 1 is 0.906 bits per heavy atom. The molecule has 2 N–H and O–H groups in total. The molecule has 0 unspecified atom stereocenters. The zero-order chi connectivity index (χ0) is 22.3. The molecule has 164 valence electrons. The van der Waals surface area contributed by atoms with Crippen LogP contribution in [0.15, 0.2) is 72.8 Å². The second-order valence-electron chi connectivity index (χ2n) is 7.88. The monoisotopic (exact) mass is 429 g/mol. The smallest absolute Gasteiger partial charge is 0.262 e. The predicted octanol–water partition coefficient (Wildman–Crippen LogP) is 4.87. The Morgan fingerprint density at radius 2 is 1.69 bits per heavy atom. The van der Waals surface area contributed by atoms with Gasteiger partial charge in [-0.25, -0.2) is 0 Å². The lowest BCUT2D eigenvalue weighted by molar-refractivity contribution is -0.118. The van der Waals surface area contributed by atoms with E-state index >= 15 is 0 Å². The highest BCUT2D eigenvalue weighted by Crippen LogP contribution is 2.25. The molecule has 0 spiro atoms. The van der Waals surface area contributed by atoms with Crippen molar-refractivity contribution in [1.82, 2.24) is 0 Å². The summed E-state index contributed by atoms with van der Waals surface area (Å²) in [6, 6.07) is 22.1. The van der Waals surface area contributed by atoms with Crippen LogP contribution in [0.25, 0.3) is 0 Å². The molecule has 6 nitrogen and oxygen atoms in total. The summed E-state index contributed by atoms with van der Waals surface area (Å²) >= 11 is 0. The maximum absolute atomic E-state index is 12.4. The molecule has 32 heavy (non-hydrogen) atoms. The van der Waals surface area contributed by atoms with Crippen LogP contribution in [0.3, 0.4) is 0 Å². The highest BCUT2D eigenvalue weighted by molar-refractivity contribution is 6.04. The van der Waals surface area contributed by atoms with E-state index in [-0.39, 0.29) is 18.4 Å². The Morgan fingerprint density at radius 3 is 2.44 bits per heavy atom. The molecule has 3 aromatic carbocycles. The molecule has 3 aromatic rings. The van der Waals surface area contributed by atoms with E-state index in [9.17, 15) is 9.59 Å². The summed E-state index contributed by atoms with van der Waals surface area (Å²) in [6.45, 7) is 4.05. The summed E-state index contributed by atoms with van der Waals surface area (Å²) in [5, 5.41) is 5.75. The third-order valence-electron chi connectivity index (χ3n) is 5.45. The normalized spacial score (nSPS) is 13.0. The molecule has 6 heteroatoms. The van der Waals surface area contributed by atoms with Crippen LogP contribution < -0.4 is 20.3 Å². The predicted molar refractivity (Wildman–Crippen MR) is 128 cm³/mol. The van der Waals surface area contributed by atoms with Gasteiger partial charge in [-0.15, -0.1) is 0 Å². The van der Waals surface area contributed by atoms with Crippen molar-refractivity contribution in [3.05, 3.63) is 83.9 Å². The van der Waals surface area contributed by atoms with Crippen molar-refractivity contribution < 1.29 is 14.3 Å². The van der Waals surface area contributed by atoms with Gasteiger partial charge in [0.25, 0.3) is 11.8 Å². The number of carbonyl (C=O) groups is 2. The van der Waals surface area contributed by atoms with Crippen LogP contribution in [0.2, 0.25) is 0 Å². The third-order valence-corrected chi connectivity index (χ3v) is 5.45. The lowest BCUT2D eigenvalue weighted by Gasteiger charge is -2.19. The van der Waals surface area contributed by atoms with Crippen LogP contribution in [-0.2, 0) is 4.79 Å². The molecule has 1 aliphatic rings. The van der Waals surface area contributed by atoms with Crippen molar-refractivity contribution in [3.8, 4) is 5.75 Å². The number of nitrogens with zero attached hydrogens (tertiary/aromatic N) is 1. The zero-order valence-electron chi connectivity index (χ0n) is 18.1. The summed E-state index contributed by atoms with van der Waals surface area (Å²) in [5.41, 5.74) is 4.18. The van der Waals surface area contributed by atoms with Gasteiger partial charge in [0.15, 0.2) is 6.61 Å². The van der Waals surface area contributed by atoms with Crippen LogP contribution in [0, 0.1) is 6.92 Å². The van der Waals surface area contributed by atoms with Crippen LogP contribution in [0.5, 0.6) is 5.75 Å². The molecular weight excluding hydrogens is 402 g/mol. The number of ether oxygens (including phenoxy) is 1. The van der Waals surface area contributed by atoms with Crippen LogP contribution >= 0.6 is 0 Å². The van der Waals surface area contributed by atoms with E-state index in [0.29, 0.717) is 17.0 Å². The molecule has 1 aliphatic heterocycles. The van der Waals surface area contributed by atoms with Gasteiger partial charge in [0.05, 0.1) is 0 Å². The van der Waals surface area contributed by atoms with E-state index in [0.717, 1.165) is 24.3 Å². The molecule has 1 saturated heterocycles. The van der Waals surface area contributed by atoms with Crippen LogP contribution in [0.1, 0.15) is 28.8 Å².